The van der Waals surface area contributed by atoms with Gasteiger partial charge in [0.2, 0.25) is 15.2 Å². The van der Waals surface area contributed by atoms with Crippen LogP contribution in [0.15, 0.2) is 28.6 Å². The molecule has 1 atom stereocenters. The third-order valence-corrected chi connectivity index (χ3v) is 6.47. The number of thioether (sulfide) groups is 1. The molecule has 0 fully saturated rings. The van der Waals surface area contributed by atoms with Gasteiger partial charge in [-0.25, -0.2) is 8.42 Å². The zero-order valence-corrected chi connectivity index (χ0v) is 17.2. The standard InChI is InChI=1S/C15H20N4O4S3/c1-5-12(13(20)16-14-17-18-15(24-3)25-14)23-11-8-6-10(7-9-11)19(2)26(4,21)22/h6-9,12H,5H2,1-4H3,(H,16,17,20)/t12-/m0/s1. The van der Waals surface area contributed by atoms with Gasteiger partial charge in [-0.05, 0) is 36.9 Å². The number of nitrogens with one attached hydrogen (secondary N) is 1. The number of anilines is 2. The van der Waals surface area contributed by atoms with Gasteiger partial charge >= 0.3 is 0 Å². The molecule has 1 N–H and O–H groups in total. The smallest absolute Gasteiger partial charge is 0.267 e. The number of hydrogen-bond acceptors (Lipinski definition) is 8. The van der Waals surface area contributed by atoms with Crippen molar-refractivity contribution in [1.29, 1.82) is 0 Å². The number of rotatable bonds is 8. The fraction of sp³-hybridized carbons (Fsp3) is 0.400. The molecule has 0 radical (unpaired) electrons. The Morgan fingerprint density at radius 3 is 2.50 bits per heavy atom. The molecular weight excluding hydrogens is 396 g/mol. The van der Waals surface area contributed by atoms with Crippen molar-refractivity contribution < 1.29 is 17.9 Å². The second kappa shape index (κ2) is 8.69. The van der Waals surface area contributed by atoms with E-state index in [1.54, 1.807) is 24.3 Å². The van der Waals surface area contributed by atoms with E-state index >= 15 is 0 Å². The lowest BCUT2D eigenvalue weighted by molar-refractivity contribution is -0.122. The van der Waals surface area contributed by atoms with Crippen molar-refractivity contribution in [2.24, 2.45) is 0 Å². The molecule has 0 saturated heterocycles. The highest BCUT2D eigenvalue weighted by Gasteiger charge is 2.20. The molecule has 1 heterocycles. The van der Waals surface area contributed by atoms with Gasteiger partial charge in [0, 0.05) is 7.05 Å². The minimum absolute atomic E-state index is 0.311. The summed E-state index contributed by atoms with van der Waals surface area (Å²) in [5, 5.41) is 10.9. The summed E-state index contributed by atoms with van der Waals surface area (Å²) in [6.07, 6.45) is 2.78. The first-order chi connectivity index (χ1) is 12.2. The van der Waals surface area contributed by atoms with E-state index in [1.807, 2.05) is 13.2 Å². The summed E-state index contributed by atoms with van der Waals surface area (Å²) in [5.41, 5.74) is 0.510. The monoisotopic (exact) mass is 416 g/mol. The summed E-state index contributed by atoms with van der Waals surface area (Å²) >= 11 is 2.75. The van der Waals surface area contributed by atoms with E-state index in [4.69, 9.17) is 4.74 Å². The molecule has 0 aliphatic rings. The fourth-order valence-electron chi connectivity index (χ4n) is 1.94. The summed E-state index contributed by atoms with van der Waals surface area (Å²) in [5.74, 6) is 0.161. The van der Waals surface area contributed by atoms with E-state index in [1.165, 1.54) is 34.5 Å². The number of carbonyl (C=O) groups excluding carboxylic acids is 1. The Kier molecular flexibility index (Phi) is 6.84. The molecule has 26 heavy (non-hydrogen) atoms. The first-order valence-corrected chi connectivity index (χ1v) is 11.5. The molecule has 2 rings (SSSR count). The quantitative estimate of drug-likeness (QED) is 0.521. The summed E-state index contributed by atoms with van der Waals surface area (Å²) in [6.45, 7) is 1.84. The summed E-state index contributed by atoms with van der Waals surface area (Å²) in [6, 6.07) is 6.50. The van der Waals surface area contributed by atoms with E-state index in [0.717, 1.165) is 10.6 Å². The van der Waals surface area contributed by atoms with Gasteiger partial charge in [-0.2, -0.15) is 0 Å². The Balaban J connectivity index is 2.03. The number of nitrogens with zero attached hydrogens (tertiary/aromatic N) is 3. The van der Waals surface area contributed by atoms with Gasteiger partial charge in [-0.15, -0.1) is 10.2 Å². The van der Waals surface area contributed by atoms with Crippen molar-refractivity contribution in [3.63, 3.8) is 0 Å². The third-order valence-electron chi connectivity index (χ3n) is 3.45. The molecule has 0 spiro atoms. The van der Waals surface area contributed by atoms with Crippen LogP contribution in [0.5, 0.6) is 5.75 Å². The van der Waals surface area contributed by atoms with Gasteiger partial charge in [0.1, 0.15) is 5.75 Å². The van der Waals surface area contributed by atoms with Crippen molar-refractivity contribution in [2.75, 3.05) is 29.2 Å². The van der Waals surface area contributed by atoms with E-state index in [0.29, 0.717) is 23.0 Å². The Morgan fingerprint density at radius 2 is 2.00 bits per heavy atom. The largest absolute Gasteiger partial charge is 0.481 e. The van der Waals surface area contributed by atoms with Crippen molar-refractivity contribution >= 4 is 49.8 Å². The lowest BCUT2D eigenvalue weighted by atomic mass is 10.2. The minimum Gasteiger partial charge on any atom is -0.481 e. The van der Waals surface area contributed by atoms with Crippen molar-refractivity contribution in [3.8, 4) is 5.75 Å². The minimum atomic E-state index is -3.33. The molecule has 11 heteroatoms. The summed E-state index contributed by atoms with van der Waals surface area (Å²) in [7, 11) is -1.86. The average Bonchev–Trinajstić information content (AvgIpc) is 3.06. The van der Waals surface area contributed by atoms with E-state index in [-0.39, 0.29) is 5.91 Å². The first-order valence-electron chi connectivity index (χ1n) is 7.63. The van der Waals surface area contributed by atoms with Crippen LogP contribution in [-0.4, -0.2) is 50.2 Å². The van der Waals surface area contributed by atoms with Gasteiger partial charge in [0.25, 0.3) is 5.91 Å². The summed E-state index contributed by atoms with van der Waals surface area (Å²) in [4.78, 5) is 12.4. The number of aromatic nitrogens is 2. The molecule has 0 bridgehead atoms. The molecular formula is C15H20N4O4S3. The lowest BCUT2D eigenvalue weighted by Gasteiger charge is -2.19. The molecule has 1 amide bonds. The highest BCUT2D eigenvalue weighted by Crippen LogP contribution is 2.24. The molecule has 1 aromatic carbocycles. The molecule has 0 aliphatic heterocycles. The third kappa shape index (κ3) is 5.32. The van der Waals surface area contributed by atoms with Gasteiger partial charge in [-0.1, -0.05) is 30.0 Å². The van der Waals surface area contributed by atoms with Crippen LogP contribution in [-0.2, 0) is 14.8 Å². The second-order valence-corrected chi connectivity index (χ2v) is 9.35. The molecule has 2 aromatic rings. The maximum atomic E-state index is 12.4. The van der Waals surface area contributed by atoms with Gasteiger partial charge in [0.15, 0.2) is 10.4 Å². The predicted octanol–water partition coefficient (Wildman–Crippen LogP) is 2.45. The van der Waals surface area contributed by atoms with Crippen LogP contribution in [0.3, 0.4) is 0 Å². The molecule has 0 unspecified atom stereocenters. The van der Waals surface area contributed by atoms with Crippen LogP contribution in [0.4, 0.5) is 10.8 Å². The number of amides is 1. The Hall–Kier alpha value is -1.85. The van der Waals surface area contributed by atoms with Crippen LogP contribution in [0, 0.1) is 0 Å². The Bertz CT molecular complexity index is 852. The van der Waals surface area contributed by atoms with E-state index in [2.05, 4.69) is 15.5 Å². The molecule has 0 aliphatic carbocycles. The van der Waals surface area contributed by atoms with Crippen molar-refractivity contribution in [2.45, 2.75) is 23.8 Å². The van der Waals surface area contributed by atoms with Crippen LogP contribution < -0.4 is 14.4 Å². The number of benzene rings is 1. The molecule has 0 saturated carbocycles. The maximum Gasteiger partial charge on any atom is 0.267 e. The van der Waals surface area contributed by atoms with E-state index in [9.17, 15) is 13.2 Å². The topological polar surface area (TPSA) is 101 Å². The number of hydrogen-bond donors (Lipinski definition) is 1. The van der Waals surface area contributed by atoms with Gasteiger partial charge < -0.3 is 4.74 Å². The Morgan fingerprint density at radius 1 is 1.35 bits per heavy atom. The SMILES string of the molecule is CC[C@H](Oc1ccc(N(C)S(C)(=O)=O)cc1)C(=O)Nc1nnc(SC)s1. The zero-order valence-electron chi connectivity index (χ0n) is 14.8. The maximum absolute atomic E-state index is 12.4. The highest BCUT2D eigenvalue weighted by atomic mass is 32.2. The summed E-state index contributed by atoms with van der Waals surface area (Å²) < 4.78 is 30.8. The highest BCUT2D eigenvalue weighted by molar-refractivity contribution is 8.00. The van der Waals surface area contributed by atoms with Crippen LogP contribution >= 0.6 is 23.1 Å². The molecule has 8 nitrogen and oxygen atoms in total. The number of sulfonamides is 1. The fourth-order valence-corrected chi connectivity index (χ4v) is 3.62. The number of carbonyl (C=O) groups is 1. The van der Waals surface area contributed by atoms with E-state index < -0.39 is 16.1 Å². The normalized spacial score (nSPS) is 12.5. The van der Waals surface area contributed by atoms with Crippen LogP contribution in [0.2, 0.25) is 0 Å². The zero-order chi connectivity index (χ0) is 19.3. The lowest BCUT2D eigenvalue weighted by Crippen LogP contribution is -2.32. The van der Waals surface area contributed by atoms with Gasteiger partial charge in [0.05, 0.1) is 11.9 Å². The average molecular weight is 417 g/mol. The number of ether oxygens (including phenoxy) is 1. The second-order valence-electron chi connectivity index (χ2n) is 5.31. The predicted molar refractivity (Wildman–Crippen MR) is 105 cm³/mol. The first kappa shape index (κ1) is 20.5. The molecule has 142 valence electrons. The van der Waals surface area contributed by atoms with Crippen molar-refractivity contribution in [1.82, 2.24) is 10.2 Å². The van der Waals surface area contributed by atoms with Gasteiger partial charge in [-0.3, -0.25) is 14.4 Å². The van der Waals surface area contributed by atoms with Crippen LogP contribution in [0.1, 0.15) is 13.3 Å². The van der Waals surface area contributed by atoms with Crippen LogP contribution in [0.25, 0.3) is 0 Å². The Labute approximate surface area is 161 Å². The van der Waals surface area contributed by atoms with Crippen molar-refractivity contribution in [3.05, 3.63) is 24.3 Å². The molecule has 1 aromatic heterocycles.